The summed E-state index contributed by atoms with van der Waals surface area (Å²) in [6.07, 6.45) is 0. The topological polar surface area (TPSA) is 83.5 Å². The standard InChI is InChI=1S/C15H14Cl2N2O4S/c1-19(2,24(21,22)23)14-9-11(17)5-8-13(14)15(20)18-12-6-3-10(16)4-7-12/h3-9H,1-2H3,(H-,18,20,21,22,23)/p+1. The lowest BCUT2D eigenvalue weighted by molar-refractivity contribution is 0.102. The highest BCUT2D eigenvalue weighted by Gasteiger charge is 2.37. The molecule has 2 aromatic carbocycles. The van der Waals surface area contributed by atoms with Crippen LogP contribution in [0.15, 0.2) is 42.5 Å². The summed E-state index contributed by atoms with van der Waals surface area (Å²) in [5.74, 6) is -0.543. The van der Waals surface area contributed by atoms with Gasteiger partial charge >= 0.3 is 10.3 Å². The lowest BCUT2D eigenvalue weighted by Gasteiger charge is -2.26. The van der Waals surface area contributed by atoms with E-state index in [9.17, 15) is 17.8 Å². The molecule has 128 valence electrons. The Morgan fingerprint density at radius 2 is 1.58 bits per heavy atom. The molecule has 9 heteroatoms. The maximum Gasteiger partial charge on any atom is 0.437 e. The van der Waals surface area contributed by atoms with Crippen molar-refractivity contribution in [3.63, 3.8) is 0 Å². The molecule has 0 aliphatic rings. The molecular weight excluding hydrogens is 375 g/mol. The minimum absolute atomic E-state index is 0.0384. The van der Waals surface area contributed by atoms with Crippen LogP contribution in [0.3, 0.4) is 0 Å². The Kier molecular flexibility index (Phi) is 5.22. The number of amides is 1. The molecule has 0 atom stereocenters. The zero-order chi connectivity index (χ0) is 18.1. The third-order valence-electron chi connectivity index (χ3n) is 3.46. The Balaban J connectivity index is 2.47. The number of carbonyl (C=O) groups is 1. The van der Waals surface area contributed by atoms with E-state index in [0.717, 1.165) is 0 Å². The quantitative estimate of drug-likeness (QED) is 0.617. The molecule has 0 saturated heterocycles. The van der Waals surface area contributed by atoms with Gasteiger partial charge in [-0.1, -0.05) is 23.2 Å². The first-order valence-electron chi connectivity index (χ1n) is 6.71. The van der Waals surface area contributed by atoms with E-state index < -0.39 is 20.1 Å². The van der Waals surface area contributed by atoms with E-state index in [-0.39, 0.29) is 16.3 Å². The van der Waals surface area contributed by atoms with E-state index in [1.807, 2.05) is 0 Å². The first-order valence-corrected chi connectivity index (χ1v) is 8.86. The predicted molar refractivity (Wildman–Crippen MR) is 96.0 cm³/mol. The molecule has 0 aliphatic heterocycles. The van der Waals surface area contributed by atoms with Gasteiger partial charge < -0.3 is 5.32 Å². The Morgan fingerprint density at radius 3 is 2.12 bits per heavy atom. The SMILES string of the molecule is C[N+](C)(c1cc(Cl)ccc1C(=O)Nc1ccc(Cl)cc1)S(=O)(=O)O. The number of quaternary nitrogens is 1. The molecule has 2 N–H and O–H groups in total. The van der Waals surface area contributed by atoms with E-state index in [1.165, 1.54) is 32.3 Å². The predicted octanol–water partition coefficient (Wildman–Crippen LogP) is 3.62. The minimum Gasteiger partial charge on any atom is -0.322 e. The van der Waals surface area contributed by atoms with Crippen molar-refractivity contribution in [2.75, 3.05) is 19.4 Å². The number of rotatable bonds is 4. The summed E-state index contributed by atoms with van der Waals surface area (Å²) in [6, 6.07) is 10.6. The number of halogens is 2. The smallest absolute Gasteiger partial charge is 0.322 e. The molecule has 0 saturated carbocycles. The molecule has 2 aromatic rings. The summed E-state index contributed by atoms with van der Waals surface area (Å²) in [7, 11) is -2.05. The van der Waals surface area contributed by atoms with E-state index >= 15 is 0 Å². The van der Waals surface area contributed by atoms with Crippen LogP contribution in [0.2, 0.25) is 10.0 Å². The second-order valence-corrected chi connectivity index (χ2v) is 8.10. The van der Waals surface area contributed by atoms with Crippen LogP contribution in [0.1, 0.15) is 10.4 Å². The van der Waals surface area contributed by atoms with Gasteiger partial charge in [0.15, 0.2) is 5.69 Å². The number of nitrogens with zero attached hydrogens (tertiary/aromatic N) is 1. The van der Waals surface area contributed by atoms with Crippen molar-refractivity contribution in [2.45, 2.75) is 0 Å². The molecule has 0 radical (unpaired) electrons. The van der Waals surface area contributed by atoms with Gasteiger partial charge in [0, 0.05) is 21.8 Å². The first-order chi connectivity index (χ1) is 11.0. The van der Waals surface area contributed by atoms with Gasteiger partial charge in [-0.2, -0.15) is 3.89 Å². The average molecular weight is 390 g/mol. The van der Waals surface area contributed by atoms with Crippen LogP contribution < -0.4 is 9.21 Å². The van der Waals surface area contributed by atoms with Crippen LogP contribution in [-0.4, -0.2) is 33.0 Å². The fraction of sp³-hybridized carbons (Fsp3) is 0.133. The lowest BCUT2D eigenvalue weighted by Crippen LogP contribution is -2.47. The third-order valence-corrected chi connectivity index (χ3v) is 5.30. The van der Waals surface area contributed by atoms with Gasteiger partial charge in [0.2, 0.25) is 0 Å². The van der Waals surface area contributed by atoms with Crippen molar-refractivity contribution in [3.05, 3.63) is 58.1 Å². The summed E-state index contributed by atoms with van der Waals surface area (Å²) >= 11 is 11.7. The number of benzene rings is 2. The summed E-state index contributed by atoms with van der Waals surface area (Å²) in [5.41, 5.74) is 0.593. The molecule has 1 amide bonds. The van der Waals surface area contributed by atoms with Gasteiger partial charge in [0.25, 0.3) is 5.91 Å². The van der Waals surface area contributed by atoms with Gasteiger partial charge in [-0.15, -0.1) is 8.42 Å². The van der Waals surface area contributed by atoms with Crippen LogP contribution >= 0.6 is 23.2 Å². The molecule has 24 heavy (non-hydrogen) atoms. The van der Waals surface area contributed by atoms with Gasteiger partial charge in [0.1, 0.15) is 5.56 Å². The maximum absolute atomic E-state index is 12.5. The number of carbonyl (C=O) groups excluding carboxylic acids is 1. The monoisotopic (exact) mass is 389 g/mol. The molecule has 0 spiro atoms. The van der Waals surface area contributed by atoms with Crippen molar-refractivity contribution < 1.29 is 17.8 Å². The van der Waals surface area contributed by atoms with Crippen LogP contribution in [0.25, 0.3) is 0 Å². The molecule has 0 aromatic heterocycles. The zero-order valence-corrected chi connectivity index (χ0v) is 15.2. The van der Waals surface area contributed by atoms with E-state index in [1.54, 1.807) is 24.3 Å². The Labute approximate surface area is 150 Å². The second kappa shape index (κ2) is 6.70. The highest BCUT2D eigenvalue weighted by molar-refractivity contribution is 7.85. The van der Waals surface area contributed by atoms with Crippen LogP contribution in [0, 0.1) is 0 Å². The molecule has 0 fully saturated rings. The number of nitrogens with one attached hydrogen (secondary N) is 1. The lowest BCUT2D eigenvalue weighted by atomic mass is 10.1. The van der Waals surface area contributed by atoms with Crippen LogP contribution in [0.5, 0.6) is 0 Å². The second-order valence-electron chi connectivity index (χ2n) is 5.42. The van der Waals surface area contributed by atoms with E-state index in [2.05, 4.69) is 5.32 Å². The first kappa shape index (κ1) is 18.7. The molecule has 2 rings (SSSR count). The normalized spacial score (nSPS) is 12.0. The van der Waals surface area contributed by atoms with Crippen molar-refractivity contribution >= 4 is 50.8 Å². The van der Waals surface area contributed by atoms with Crippen molar-refractivity contribution in [2.24, 2.45) is 0 Å². The van der Waals surface area contributed by atoms with Crippen LogP contribution in [-0.2, 0) is 10.3 Å². The van der Waals surface area contributed by atoms with Crippen molar-refractivity contribution in [3.8, 4) is 0 Å². The Hall–Kier alpha value is -1.64. The summed E-state index contributed by atoms with van der Waals surface area (Å²) in [6.45, 7) is 0. The molecular formula is C15H15Cl2N2O4S+. The average Bonchev–Trinajstić information content (AvgIpc) is 2.48. The number of hydrogen-bond donors (Lipinski definition) is 2. The highest BCUT2D eigenvalue weighted by Crippen LogP contribution is 2.31. The third kappa shape index (κ3) is 3.88. The number of anilines is 1. The van der Waals surface area contributed by atoms with Gasteiger partial charge in [-0.25, -0.2) is 4.55 Å². The summed E-state index contributed by atoms with van der Waals surface area (Å²) < 4.78 is 31.9. The van der Waals surface area contributed by atoms with E-state index in [4.69, 9.17) is 23.2 Å². The number of hydrogen-bond acceptors (Lipinski definition) is 3. The zero-order valence-electron chi connectivity index (χ0n) is 12.8. The van der Waals surface area contributed by atoms with Gasteiger partial charge in [-0.05, 0) is 36.4 Å². The fourth-order valence-electron chi connectivity index (χ4n) is 2.00. The summed E-state index contributed by atoms with van der Waals surface area (Å²) in [4.78, 5) is 12.5. The Morgan fingerprint density at radius 1 is 1.04 bits per heavy atom. The molecule has 0 aliphatic carbocycles. The highest BCUT2D eigenvalue weighted by atomic mass is 35.5. The molecule has 6 nitrogen and oxygen atoms in total. The maximum atomic E-state index is 12.5. The summed E-state index contributed by atoms with van der Waals surface area (Å²) in [5, 5.41) is 3.40. The van der Waals surface area contributed by atoms with Gasteiger partial charge in [0.05, 0.1) is 14.1 Å². The van der Waals surface area contributed by atoms with Crippen molar-refractivity contribution in [1.29, 1.82) is 0 Å². The van der Waals surface area contributed by atoms with Gasteiger partial charge in [-0.3, -0.25) is 4.79 Å². The largest absolute Gasteiger partial charge is 0.437 e. The van der Waals surface area contributed by atoms with Crippen molar-refractivity contribution in [1.82, 2.24) is 3.89 Å². The fourth-order valence-corrected chi connectivity index (χ4v) is 2.69. The minimum atomic E-state index is -4.53. The molecule has 0 unspecified atom stereocenters. The van der Waals surface area contributed by atoms with E-state index in [0.29, 0.717) is 10.7 Å². The van der Waals surface area contributed by atoms with Crippen LogP contribution in [0.4, 0.5) is 11.4 Å². The molecule has 0 bridgehead atoms. The Bertz CT molecular complexity index is 881. The molecule has 0 heterocycles.